The Bertz CT molecular complexity index is 1060. The van der Waals surface area contributed by atoms with E-state index in [-0.39, 0.29) is 28.1 Å². The number of benzene rings is 1. The van der Waals surface area contributed by atoms with Crippen molar-refractivity contribution in [1.82, 2.24) is 20.2 Å². The Morgan fingerprint density at radius 2 is 2.00 bits per heavy atom. The van der Waals surface area contributed by atoms with Gasteiger partial charge in [-0.15, -0.1) is 10.2 Å². The number of methoxy groups -OCH3 is 1. The van der Waals surface area contributed by atoms with Crippen molar-refractivity contribution >= 4 is 40.1 Å². The van der Waals surface area contributed by atoms with Crippen molar-refractivity contribution in [2.45, 2.75) is 12.1 Å². The van der Waals surface area contributed by atoms with Crippen LogP contribution in [0.3, 0.4) is 0 Å². The molecule has 0 spiro atoms. The van der Waals surface area contributed by atoms with Gasteiger partial charge in [-0.25, -0.2) is 9.78 Å². The molecule has 0 atom stereocenters. The second-order valence-corrected chi connectivity index (χ2v) is 7.40. The maximum Gasteiger partial charge on any atom is 0.350 e. The number of amides is 1. The van der Waals surface area contributed by atoms with E-state index in [2.05, 4.69) is 30.2 Å². The number of thiazole rings is 1. The van der Waals surface area contributed by atoms with Gasteiger partial charge in [-0.2, -0.15) is 0 Å². The zero-order chi connectivity index (χ0) is 20.1. The first-order valence-electron chi connectivity index (χ1n) is 7.98. The van der Waals surface area contributed by atoms with Crippen molar-refractivity contribution in [3.05, 3.63) is 51.3 Å². The fourth-order valence-electron chi connectivity index (χ4n) is 2.19. The Kier molecular flexibility index (Phi) is 6.16. The molecule has 0 aliphatic rings. The molecule has 0 radical (unpaired) electrons. The lowest BCUT2D eigenvalue weighted by Gasteiger charge is -2.02. The molecule has 0 unspecified atom stereocenters. The van der Waals surface area contributed by atoms with Gasteiger partial charge in [0.2, 0.25) is 5.91 Å². The van der Waals surface area contributed by atoms with E-state index in [0.29, 0.717) is 21.3 Å². The summed E-state index contributed by atoms with van der Waals surface area (Å²) in [4.78, 5) is 42.9. The summed E-state index contributed by atoms with van der Waals surface area (Å²) >= 11 is 2.06. The second-order valence-electron chi connectivity index (χ2n) is 5.44. The minimum Gasteiger partial charge on any atom is -0.465 e. The number of rotatable bonds is 6. The largest absolute Gasteiger partial charge is 0.465 e. The Balaban J connectivity index is 1.61. The van der Waals surface area contributed by atoms with Crippen LogP contribution >= 0.6 is 23.1 Å². The van der Waals surface area contributed by atoms with E-state index in [1.54, 1.807) is 31.2 Å². The van der Waals surface area contributed by atoms with Crippen LogP contribution in [0.5, 0.6) is 0 Å². The number of thioether (sulfide) groups is 1. The molecule has 2 N–H and O–H groups in total. The van der Waals surface area contributed by atoms with Gasteiger partial charge in [0.05, 0.1) is 18.6 Å². The van der Waals surface area contributed by atoms with Crippen LogP contribution in [0.1, 0.15) is 15.4 Å². The predicted octanol–water partition coefficient (Wildman–Crippen LogP) is 2.11. The molecule has 0 saturated carbocycles. The number of aromatic amines is 1. The molecule has 144 valence electrons. The van der Waals surface area contributed by atoms with E-state index in [4.69, 9.17) is 0 Å². The molecule has 28 heavy (non-hydrogen) atoms. The number of nitrogens with one attached hydrogen (secondary N) is 2. The Hall–Kier alpha value is -3.05. The van der Waals surface area contributed by atoms with E-state index >= 15 is 0 Å². The average Bonchev–Trinajstić information content (AvgIpc) is 3.06. The second kappa shape index (κ2) is 8.76. The van der Waals surface area contributed by atoms with Crippen LogP contribution < -0.4 is 10.9 Å². The number of hydrogen-bond donors (Lipinski definition) is 2. The molecule has 2 aromatic heterocycles. The molecular formula is C17H15N5O4S2. The summed E-state index contributed by atoms with van der Waals surface area (Å²) in [7, 11) is 1.28. The van der Waals surface area contributed by atoms with Crippen molar-refractivity contribution < 1.29 is 14.3 Å². The first-order valence-corrected chi connectivity index (χ1v) is 9.79. The van der Waals surface area contributed by atoms with Gasteiger partial charge in [0, 0.05) is 5.56 Å². The summed E-state index contributed by atoms with van der Waals surface area (Å²) in [6.07, 6.45) is 0. The maximum atomic E-state index is 12.2. The van der Waals surface area contributed by atoms with E-state index in [1.807, 2.05) is 6.07 Å². The number of ether oxygens (including phenoxy) is 1. The highest BCUT2D eigenvalue weighted by Crippen LogP contribution is 2.23. The molecule has 0 saturated heterocycles. The average molecular weight is 417 g/mol. The van der Waals surface area contributed by atoms with Gasteiger partial charge in [-0.3, -0.25) is 14.6 Å². The topological polar surface area (TPSA) is 127 Å². The van der Waals surface area contributed by atoms with Gasteiger partial charge in [-0.05, 0) is 6.92 Å². The Morgan fingerprint density at radius 1 is 1.25 bits per heavy atom. The normalized spacial score (nSPS) is 10.5. The van der Waals surface area contributed by atoms with Crippen molar-refractivity contribution in [2.75, 3.05) is 18.2 Å². The highest BCUT2D eigenvalue weighted by atomic mass is 32.2. The summed E-state index contributed by atoms with van der Waals surface area (Å²) in [5.74, 6) is -0.872. The first-order chi connectivity index (χ1) is 13.5. The van der Waals surface area contributed by atoms with Crippen molar-refractivity contribution in [3.63, 3.8) is 0 Å². The minimum absolute atomic E-state index is 0.0124. The number of nitrogens with zero attached hydrogens (tertiary/aromatic N) is 3. The number of aryl methyl sites for hydroxylation is 1. The van der Waals surface area contributed by atoms with Crippen molar-refractivity contribution in [1.29, 1.82) is 0 Å². The number of H-pyrrole nitrogens is 1. The summed E-state index contributed by atoms with van der Waals surface area (Å²) < 4.78 is 4.66. The molecular weight excluding hydrogens is 402 g/mol. The third-order valence-electron chi connectivity index (χ3n) is 3.48. The molecule has 0 aliphatic carbocycles. The predicted molar refractivity (Wildman–Crippen MR) is 106 cm³/mol. The Morgan fingerprint density at radius 3 is 2.68 bits per heavy atom. The molecule has 3 rings (SSSR count). The van der Waals surface area contributed by atoms with Crippen LogP contribution in [0.25, 0.3) is 11.3 Å². The molecule has 2 heterocycles. The number of aromatic nitrogens is 4. The van der Waals surface area contributed by atoms with Crippen LogP contribution in [-0.2, 0) is 9.53 Å². The number of carbonyl (C=O) groups excluding carboxylic acids is 2. The van der Waals surface area contributed by atoms with Crippen molar-refractivity contribution in [3.8, 4) is 11.3 Å². The number of esters is 1. The summed E-state index contributed by atoms with van der Waals surface area (Å²) in [5.41, 5.74) is 0.961. The lowest BCUT2D eigenvalue weighted by atomic mass is 10.2. The third kappa shape index (κ3) is 4.61. The number of hydrogen-bond acceptors (Lipinski definition) is 9. The fraction of sp³-hybridized carbons (Fsp3) is 0.176. The van der Waals surface area contributed by atoms with Gasteiger partial charge in [-0.1, -0.05) is 53.4 Å². The molecule has 0 fully saturated rings. The van der Waals surface area contributed by atoms with E-state index in [1.165, 1.54) is 7.11 Å². The molecule has 0 aliphatic heterocycles. The standard InChI is InChI=1S/C17H15N5O4S2/c1-9-13(15(25)26-2)28-16(18-9)19-11(23)8-27-17-20-14(24)12(21-22-17)10-6-4-3-5-7-10/h3-7H,8H2,1-2H3,(H,18,19,23)(H,20,22,24). The van der Waals surface area contributed by atoms with Gasteiger partial charge in [0.15, 0.2) is 16.0 Å². The minimum atomic E-state index is -0.503. The fourth-order valence-corrected chi connectivity index (χ4v) is 3.70. The highest BCUT2D eigenvalue weighted by molar-refractivity contribution is 7.99. The van der Waals surface area contributed by atoms with E-state index < -0.39 is 5.97 Å². The number of anilines is 1. The smallest absolute Gasteiger partial charge is 0.350 e. The van der Waals surface area contributed by atoms with Gasteiger partial charge >= 0.3 is 5.97 Å². The molecule has 1 amide bonds. The maximum absolute atomic E-state index is 12.2. The summed E-state index contributed by atoms with van der Waals surface area (Å²) in [6.45, 7) is 1.65. The van der Waals surface area contributed by atoms with Gasteiger partial charge < -0.3 is 10.1 Å². The molecule has 1 aromatic carbocycles. The molecule has 11 heteroatoms. The lowest BCUT2D eigenvalue weighted by Crippen LogP contribution is -2.17. The van der Waals surface area contributed by atoms with Crippen LogP contribution in [0, 0.1) is 6.92 Å². The first kappa shape index (κ1) is 19.7. The molecule has 9 nitrogen and oxygen atoms in total. The van der Waals surface area contributed by atoms with Crippen LogP contribution in [0.4, 0.5) is 5.13 Å². The van der Waals surface area contributed by atoms with Crippen LogP contribution in [-0.4, -0.2) is 44.9 Å². The van der Waals surface area contributed by atoms with E-state index in [0.717, 1.165) is 23.1 Å². The van der Waals surface area contributed by atoms with Gasteiger partial charge in [0.25, 0.3) is 5.56 Å². The van der Waals surface area contributed by atoms with Crippen LogP contribution in [0.15, 0.2) is 40.3 Å². The third-order valence-corrected chi connectivity index (χ3v) is 5.39. The summed E-state index contributed by atoms with van der Waals surface area (Å²) in [5, 5.41) is 11.0. The van der Waals surface area contributed by atoms with E-state index in [9.17, 15) is 14.4 Å². The quantitative estimate of drug-likeness (QED) is 0.461. The highest BCUT2D eigenvalue weighted by Gasteiger charge is 2.17. The monoisotopic (exact) mass is 417 g/mol. The zero-order valence-corrected chi connectivity index (χ0v) is 16.5. The van der Waals surface area contributed by atoms with Gasteiger partial charge in [0.1, 0.15) is 4.88 Å². The Labute approximate surface area is 167 Å². The van der Waals surface area contributed by atoms with Crippen molar-refractivity contribution in [2.24, 2.45) is 0 Å². The summed E-state index contributed by atoms with van der Waals surface area (Å²) in [6, 6.07) is 8.97. The molecule has 0 bridgehead atoms. The lowest BCUT2D eigenvalue weighted by molar-refractivity contribution is -0.113. The van der Waals surface area contributed by atoms with Crippen LogP contribution in [0.2, 0.25) is 0 Å². The molecule has 3 aromatic rings. The number of carbonyl (C=O) groups is 2. The zero-order valence-electron chi connectivity index (χ0n) is 14.9. The SMILES string of the molecule is COC(=O)c1sc(NC(=O)CSc2nnc(-c3ccccc3)c(=O)[nH]2)nc1C.